The molecule has 2 heterocycles. The zero-order valence-electron chi connectivity index (χ0n) is 9.61. The van der Waals surface area contributed by atoms with E-state index in [-0.39, 0.29) is 5.92 Å². The summed E-state index contributed by atoms with van der Waals surface area (Å²) in [5, 5.41) is 13.9. The number of pyridine rings is 1. The molecule has 1 aliphatic rings. The minimum absolute atomic E-state index is 0.237. The van der Waals surface area contributed by atoms with Crippen molar-refractivity contribution in [2.24, 2.45) is 5.92 Å². The molecule has 2 atom stereocenters. The maximum absolute atomic E-state index is 10.6. The van der Waals surface area contributed by atoms with Crippen molar-refractivity contribution in [3.63, 3.8) is 0 Å². The Labute approximate surface area is 95.9 Å². The summed E-state index contributed by atoms with van der Waals surface area (Å²) in [6.07, 6.45) is 3.03. The van der Waals surface area contributed by atoms with Gasteiger partial charge < -0.3 is 16.2 Å². The Hall–Kier alpha value is -1.13. The first-order valence-corrected chi connectivity index (χ1v) is 5.74. The van der Waals surface area contributed by atoms with Crippen LogP contribution in [0.3, 0.4) is 0 Å². The second-order valence-electron chi connectivity index (χ2n) is 4.68. The van der Waals surface area contributed by atoms with Gasteiger partial charge in [-0.15, -0.1) is 0 Å². The largest absolute Gasteiger partial charge is 0.389 e. The molecule has 0 aromatic carbocycles. The van der Waals surface area contributed by atoms with Crippen molar-refractivity contribution in [1.82, 2.24) is 10.3 Å². The number of anilines is 1. The van der Waals surface area contributed by atoms with Gasteiger partial charge in [0, 0.05) is 19.2 Å². The molecule has 0 saturated carbocycles. The Bertz CT molecular complexity index is 369. The molecule has 0 bridgehead atoms. The van der Waals surface area contributed by atoms with Gasteiger partial charge in [0.2, 0.25) is 0 Å². The molecule has 16 heavy (non-hydrogen) atoms. The minimum Gasteiger partial charge on any atom is -0.389 e. The van der Waals surface area contributed by atoms with Crippen LogP contribution in [0.4, 0.5) is 5.82 Å². The number of hydrogen-bond acceptors (Lipinski definition) is 4. The summed E-state index contributed by atoms with van der Waals surface area (Å²) in [6, 6.07) is 3.80. The summed E-state index contributed by atoms with van der Waals surface area (Å²) < 4.78 is 0. The van der Waals surface area contributed by atoms with Gasteiger partial charge in [-0.2, -0.15) is 0 Å². The van der Waals surface area contributed by atoms with Crippen molar-refractivity contribution in [3.05, 3.63) is 23.9 Å². The van der Waals surface area contributed by atoms with Gasteiger partial charge >= 0.3 is 0 Å². The molecule has 2 rings (SSSR count). The number of nitrogen functional groups attached to an aromatic ring is 1. The molecule has 1 aromatic rings. The zero-order valence-corrected chi connectivity index (χ0v) is 9.61. The van der Waals surface area contributed by atoms with E-state index in [1.165, 1.54) is 0 Å². The average molecular weight is 221 g/mol. The number of rotatable bonds is 2. The summed E-state index contributed by atoms with van der Waals surface area (Å²) in [7, 11) is 0. The van der Waals surface area contributed by atoms with Crippen molar-refractivity contribution >= 4 is 5.82 Å². The summed E-state index contributed by atoms with van der Waals surface area (Å²) in [4.78, 5) is 4.05. The summed E-state index contributed by atoms with van der Waals surface area (Å²) in [5.41, 5.74) is 6.10. The molecule has 1 aromatic heterocycles. The lowest BCUT2D eigenvalue weighted by Crippen LogP contribution is -2.50. The second-order valence-corrected chi connectivity index (χ2v) is 4.68. The Morgan fingerprint density at radius 2 is 2.50 bits per heavy atom. The summed E-state index contributed by atoms with van der Waals surface area (Å²) in [6.45, 7) is 3.79. The molecule has 4 N–H and O–H groups in total. The van der Waals surface area contributed by atoms with Gasteiger partial charge in [-0.25, -0.2) is 4.98 Å². The lowest BCUT2D eigenvalue weighted by molar-refractivity contribution is -0.0328. The van der Waals surface area contributed by atoms with E-state index in [1.54, 1.807) is 6.20 Å². The molecule has 1 fully saturated rings. The van der Waals surface area contributed by atoms with Crippen LogP contribution in [0.5, 0.6) is 0 Å². The van der Waals surface area contributed by atoms with E-state index >= 15 is 0 Å². The Balaban J connectivity index is 2.16. The smallest absolute Gasteiger partial charge is 0.126 e. The van der Waals surface area contributed by atoms with Crippen molar-refractivity contribution in [2.45, 2.75) is 25.4 Å². The SMILES string of the molecule is CC1CNCCC1(O)Cc1cccnc1N. The van der Waals surface area contributed by atoms with Gasteiger partial charge in [0.05, 0.1) is 5.60 Å². The Morgan fingerprint density at radius 1 is 1.69 bits per heavy atom. The highest BCUT2D eigenvalue weighted by Crippen LogP contribution is 2.29. The van der Waals surface area contributed by atoms with E-state index in [1.807, 2.05) is 12.1 Å². The van der Waals surface area contributed by atoms with Gasteiger partial charge in [-0.3, -0.25) is 0 Å². The van der Waals surface area contributed by atoms with Gasteiger partial charge in [0.1, 0.15) is 5.82 Å². The molecule has 4 heteroatoms. The fraction of sp³-hybridized carbons (Fsp3) is 0.583. The van der Waals surface area contributed by atoms with E-state index in [9.17, 15) is 5.11 Å². The second kappa shape index (κ2) is 4.39. The van der Waals surface area contributed by atoms with E-state index in [0.717, 1.165) is 25.1 Å². The number of nitrogens with one attached hydrogen (secondary N) is 1. The number of nitrogens with two attached hydrogens (primary N) is 1. The van der Waals surface area contributed by atoms with E-state index in [2.05, 4.69) is 17.2 Å². The Kier molecular flexibility index (Phi) is 3.12. The normalized spacial score (nSPS) is 30.2. The predicted molar refractivity (Wildman–Crippen MR) is 64.0 cm³/mol. The third-order valence-corrected chi connectivity index (χ3v) is 3.53. The third-order valence-electron chi connectivity index (χ3n) is 3.53. The van der Waals surface area contributed by atoms with Gasteiger partial charge in [0.15, 0.2) is 0 Å². The topological polar surface area (TPSA) is 71.2 Å². The van der Waals surface area contributed by atoms with Gasteiger partial charge in [-0.1, -0.05) is 13.0 Å². The highest BCUT2D eigenvalue weighted by atomic mass is 16.3. The highest BCUT2D eigenvalue weighted by Gasteiger charge is 2.36. The molecule has 0 spiro atoms. The van der Waals surface area contributed by atoms with Crippen LogP contribution < -0.4 is 11.1 Å². The lowest BCUT2D eigenvalue weighted by atomic mass is 9.78. The van der Waals surface area contributed by atoms with E-state index in [0.29, 0.717) is 12.2 Å². The average Bonchev–Trinajstić information content (AvgIpc) is 2.26. The monoisotopic (exact) mass is 221 g/mol. The molecule has 0 radical (unpaired) electrons. The maximum atomic E-state index is 10.6. The van der Waals surface area contributed by atoms with Crippen LogP contribution in [-0.4, -0.2) is 28.8 Å². The zero-order chi connectivity index (χ0) is 11.6. The maximum Gasteiger partial charge on any atom is 0.126 e. The van der Waals surface area contributed by atoms with Crippen LogP contribution >= 0.6 is 0 Å². The fourth-order valence-corrected chi connectivity index (χ4v) is 2.25. The molecule has 4 nitrogen and oxygen atoms in total. The van der Waals surface area contributed by atoms with Crippen LogP contribution in [0.15, 0.2) is 18.3 Å². The number of aromatic nitrogens is 1. The molecular formula is C12H19N3O. The standard InChI is InChI=1S/C12H19N3O/c1-9-8-14-6-4-12(9,16)7-10-3-2-5-15-11(10)13/h2-3,5,9,14,16H,4,6-8H2,1H3,(H2,13,15). The van der Waals surface area contributed by atoms with Gasteiger partial charge in [0.25, 0.3) is 0 Å². The first-order chi connectivity index (χ1) is 7.62. The van der Waals surface area contributed by atoms with E-state index in [4.69, 9.17) is 5.73 Å². The molecule has 2 unspecified atom stereocenters. The molecular weight excluding hydrogens is 202 g/mol. The van der Waals surface area contributed by atoms with Gasteiger partial charge in [-0.05, 0) is 30.5 Å². The lowest BCUT2D eigenvalue weighted by Gasteiger charge is -2.38. The van der Waals surface area contributed by atoms with E-state index < -0.39 is 5.60 Å². The summed E-state index contributed by atoms with van der Waals surface area (Å²) in [5.74, 6) is 0.766. The van der Waals surface area contributed by atoms with Crippen LogP contribution in [0.2, 0.25) is 0 Å². The van der Waals surface area contributed by atoms with Crippen molar-refractivity contribution in [1.29, 1.82) is 0 Å². The summed E-state index contributed by atoms with van der Waals surface area (Å²) >= 11 is 0. The molecule has 0 amide bonds. The van der Waals surface area contributed by atoms with Crippen LogP contribution in [0, 0.1) is 5.92 Å². The number of piperidine rings is 1. The first-order valence-electron chi connectivity index (χ1n) is 5.74. The quantitative estimate of drug-likeness (QED) is 0.682. The minimum atomic E-state index is -0.650. The predicted octanol–water partition coefficient (Wildman–Crippen LogP) is 0.567. The number of nitrogens with zero attached hydrogens (tertiary/aromatic N) is 1. The number of aliphatic hydroxyl groups is 1. The van der Waals surface area contributed by atoms with Crippen molar-refractivity contribution in [3.8, 4) is 0 Å². The molecule has 88 valence electrons. The Morgan fingerprint density at radius 3 is 3.19 bits per heavy atom. The van der Waals surface area contributed by atoms with Crippen molar-refractivity contribution in [2.75, 3.05) is 18.8 Å². The van der Waals surface area contributed by atoms with Crippen LogP contribution in [-0.2, 0) is 6.42 Å². The van der Waals surface area contributed by atoms with Crippen LogP contribution in [0.25, 0.3) is 0 Å². The van der Waals surface area contributed by atoms with Crippen molar-refractivity contribution < 1.29 is 5.11 Å². The van der Waals surface area contributed by atoms with Crippen LogP contribution in [0.1, 0.15) is 18.9 Å². The molecule has 0 aliphatic carbocycles. The number of hydrogen-bond donors (Lipinski definition) is 3. The molecule has 1 aliphatic heterocycles. The first kappa shape index (κ1) is 11.4. The fourth-order valence-electron chi connectivity index (χ4n) is 2.25. The highest BCUT2D eigenvalue weighted by molar-refractivity contribution is 5.39. The molecule has 1 saturated heterocycles. The third kappa shape index (κ3) is 2.18.